The molecule has 0 heterocycles. The Morgan fingerprint density at radius 2 is 1.75 bits per heavy atom. The van der Waals surface area contributed by atoms with Crippen molar-refractivity contribution < 1.29 is 14.3 Å². The molecule has 1 unspecified atom stereocenters. The molecule has 24 heavy (non-hydrogen) atoms. The number of rotatable bonds is 5. The Labute approximate surface area is 157 Å². The number of carbonyl (C=O) groups excluding carboxylic acids is 2. The largest absolute Gasteiger partial charge is 0.481 e. The Balaban J connectivity index is 1.79. The predicted molar refractivity (Wildman–Crippen MR) is 98.4 cm³/mol. The van der Waals surface area contributed by atoms with Crippen LogP contribution >= 0.6 is 31.9 Å². The van der Waals surface area contributed by atoms with Gasteiger partial charge in [-0.25, -0.2) is 0 Å². The van der Waals surface area contributed by atoms with E-state index >= 15 is 0 Å². The van der Waals surface area contributed by atoms with E-state index in [0.29, 0.717) is 5.75 Å². The molecule has 1 atom stereocenters. The maximum atomic E-state index is 12.0. The highest BCUT2D eigenvalue weighted by molar-refractivity contribution is 9.10. The molecule has 2 aromatic rings. The molecule has 2 aromatic carbocycles. The molecule has 2 rings (SSSR count). The van der Waals surface area contributed by atoms with Crippen molar-refractivity contribution in [2.45, 2.75) is 19.4 Å². The van der Waals surface area contributed by atoms with Crippen LogP contribution in [-0.4, -0.2) is 17.9 Å². The van der Waals surface area contributed by atoms with Crippen LogP contribution in [0, 0.1) is 0 Å². The quantitative estimate of drug-likeness (QED) is 0.679. The number of ether oxygens (including phenoxy) is 1. The van der Waals surface area contributed by atoms with E-state index in [0.717, 1.165) is 14.5 Å². The molecule has 0 aliphatic carbocycles. The summed E-state index contributed by atoms with van der Waals surface area (Å²) in [5.74, 6) is -0.173. The highest BCUT2D eigenvalue weighted by Gasteiger charge is 2.15. The molecule has 2 N–H and O–H groups in total. The number of amides is 2. The van der Waals surface area contributed by atoms with Crippen molar-refractivity contribution in [3.63, 3.8) is 0 Å². The van der Waals surface area contributed by atoms with Crippen LogP contribution in [0.25, 0.3) is 0 Å². The van der Waals surface area contributed by atoms with E-state index in [-0.39, 0.29) is 12.3 Å². The number of benzene rings is 2. The zero-order valence-corrected chi connectivity index (χ0v) is 16.1. The van der Waals surface area contributed by atoms with E-state index in [2.05, 4.69) is 42.7 Å². The van der Waals surface area contributed by atoms with Gasteiger partial charge in [-0.3, -0.25) is 20.4 Å². The molecule has 0 fully saturated rings. The fourth-order valence-corrected chi connectivity index (χ4v) is 2.51. The minimum absolute atomic E-state index is 0.175. The van der Waals surface area contributed by atoms with Gasteiger partial charge in [-0.1, -0.05) is 50.1 Å². The van der Waals surface area contributed by atoms with Gasteiger partial charge in [0.1, 0.15) is 5.75 Å². The minimum atomic E-state index is -0.743. The molecular formula is C17H16Br2N2O3. The van der Waals surface area contributed by atoms with E-state index in [1.54, 1.807) is 19.1 Å². The Morgan fingerprint density at radius 1 is 1.04 bits per heavy atom. The van der Waals surface area contributed by atoms with Gasteiger partial charge in [-0.05, 0) is 42.8 Å². The highest BCUT2D eigenvalue weighted by atomic mass is 79.9. The number of nitrogens with one attached hydrogen (secondary N) is 2. The van der Waals surface area contributed by atoms with E-state index in [1.807, 2.05) is 36.4 Å². The molecule has 0 aliphatic heterocycles. The predicted octanol–water partition coefficient (Wildman–Crippen LogP) is 3.37. The third-order valence-electron chi connectivity index (χ3n) is 3.08. The van der Waals surface area contributed by atoms with Gasteiger partial charge in [0.2, 0.25) is 5.91 Å². The second-order valence-electron chi connectivity index (χ2n) is 5.06. The van der Waals surface area contributed by atoms with Gasteiger partial charge in [-0.15, -0.1) is 0 Å². The summed E-state index contributed by atoms with van der Waals surface area (Å²) in [7, 11) is 0. The van der Waals surface area contributed by atoms with Crippen molar-refractivity contribution in [3.05, 3.63) is 63.0 Å². The zero-order chi connectivity index (χ0) is 17.5. The maximum Gasteiger partial charge on any atom is 0.279 e. The monoisotopic (exact) mass is 454 g/mol. The van der Waals surface area contributed by atoms with E-state index < -0.39 is 12.0 Å². The van der Waals surface area contributed by atoms with Gasteiger partial charge in [-0.2, -0.15) is 0 Å². The van der Waals surface area contributed by atoms with Crippen molar-refractivity contribution in [1.82, 2.24) is 10.9 Å². The van der Waals surface area contributed by atoms with Crippen molar-refractivity contribution >= 4 is 43.7 Å². The summed E-state index contributed by atoms with van der Waals surface area (Å²) in [5, 5.41) is 0. The molecule has 7 heteroatoms. The van der Waals surface area contributed by atoms with Crippen LogP contribution in [0.2, 0.25) is 0 Å². The number of carbonyl (C=O) groups is 2. The third kappa shape index (κ3) is 5.98. The summed E-state index contributed by atoms with van der Waals surface area (Å²) in [6, 6.07) is 14.6. The Bertz CT molecular complexity index is 720. The first-order chi connectivity index (χ1) is 11.4. The average molecular weight is 456 g/mol. The number of hydrogen-bond donors (Lipinski definition) is 2. The first-order valence-electron chi connectivity index (χ1n) is 7.19. The molecule has 0 bridgehead atoms. The lowest BCUT2D eigenvalue weighted by molar-refractivity contribution is -0.132. The van der Waals surface area contributed by atoms with E-state index in [9.17, 15) is 9.59 Å². The molecule has 126 valence electrons. The number of hydrazine groups is 1. The molecule has 0 aliphatic rings. The first-order valence-corrected chi connectivity index (χ1v) is 8.78. The Kier molecular flexibility index (Phi) is 6.81. The van der Waals surface area contributed by atoms with E-state index in [4.69, 9.17) is 4.74 Å². The van der Waals surface area contributed by atoms with Gasteiger partial charge >= 0.3 is 0 Å². The van der Waals surface area contributed by atoms with Crippen molar-refractivity contribution in [2.24, 2.45) is 0 Å². The van der Waals surface area contributed by atoms with Crippen LogP contribution < -0.4 is 15.6 Å². The topological polar surface area (TPSA) is 67.4 Å². The minimum Gasteiger partial charge on any atom is -0.481 e. The molecule has 0 spiro atoms. The summed E-state index contributed by atoms with van der Waals surface area (Å²) in [6.07, 6.45) is -0.568. The van der Waals surface area contributed by atoms with Crippen molar-refractivity contribution in [2.75, 3.05) is 0 Å². The summed E-state index contributed by atoms with van der Waals surface area (Å²) in [4.78, 5) is 23.8. The van der Waals surface area contributed by atoms with E-state index in [1.165, 1.54) is 0 Å². The normalized spacial score (nSPS) is 11.5. The maximum absolute atomic E-state index is 12.0. The highest BCUT2D eigenvalue weighted by Crippen LogP contribution is 2.18. The van der Waals surface area contributed by atoms with Gasteiger partial charge in [0.25, 0.3) is 5.91 Å². The van der Waals surface area contributed by atoms with Gasteiger partial charge in [0, 0.05) is 8.95 Å². The summed E-state index contributed by atoms with van der Waals surface area (Å²) in [5.41, 5.74) is 5.60. The van der Waals surface area contributed by atoms with Crippen LogP contribution in [0.4, 0.5) is 0 Å². The number of halogens is 2. The van der Waals surface area contributed by atoms with Gasteiger partial charge in [0.05, 0.1) is 6.42 Å². The molecule has 0 saturated heterocycles. The first kappa shape index (κ1) is 18.5. The van der Waals surface area contributed by atoms with Gasteiger partial charge < -0.3 is 4.74 Å². The van der Waals surface area contributed by atoms with Crippen LogP contribution in [0.3, 0.4) is 0 Å². The lowest BCUT2D eigenvalue weighted by atomic mass is 10.1. The fourth-order valence-electron chi connectivity index (χ4n) is 1.86. The molecule has 0 saturated carbocycles. The third-order valence-corrected chi connectivity index (χ3v) is 4.10. The summed E-state index contributed by atoms with van der Waals surface area (Å²) < 4.78 is 7.32. The van der Waals surface area contributed by atoms with Crippen molar-refractivity contribution in [1.29, 1.82) is 0 Å². The zero-order valence-electron chi connectivity index (χ0n) is 12.9. The van der Waals surface area contributed by atoms with Crippen LogP contribution in [0.1, 0.15) is 12.5 Å². The second-order valence-corrected chi connectivity index (χ2v) is 6.89. The van der Waals surface area contributed by atoms with Crippen LogP contribution in [0.15, 0.2) is 57.5 Å². The second kappa shape index (κ2) is 8.84. The summed E-state index contributed by atoms with van der Waals surface area (Å²) in [6.45, 7) is 1.61. The molecule has 5 nitrogen and oxygen atoms in total. The Morgan fingerprint density at radius 3 is 2.42 bits per heavy atom. The molecule has 0 aromatic heterocycles. The molecular weight excluding hydrogens is 440 g/mol. The smallest absolute Gasteiger partial charge is 0.279 e. The lowest BCUT2D eigenvalue weighted by Crippen LogP contribution is -2.47. The van der Waals surface area contributed by atoms with Crippen molar-refractivity contribution in [3.8, 4) is 5.75 Å². The SMILES string of the molecule is CC(Oc1cccc(Br)c1)C(=O)NNC(=O)Cc1ccc(Br)cc1. The average Bonchev–Trinajstić information content (AvgIpc) is 2.54. The molecule has 2 amide bonds. The van der Waals surface area contributed by atoms with Crippen LogP contribution in [-0.2, 0) is 16.0 Å². The summed E-state index contributed by atoms with van der Waals surface area (Å²) >= 11 is 6.67. The number of hydrogen-bond acceptors (Lipinski definition) is 3. The Hall–Kier alpha value is -1.86. The fraction of sp³-hybridized carbons (Fsp3) is 0.176. The van der Waals surface area contributed by atoms with Crippen LogP contribution in [0.5, 0.6) is 5.75 Å². The lowest BCUT2D eigenvalue weighted by Gasteiger charge is -2.15. The van der Waals surface area contributed by atoms with Gasteiger partial charge in [0.15, 0.2) is 6.10 Å². The molecule has 0 radical (unpaired) electrons. The standard InChI is InChI=1S/C17H16Br2N2O3/c1-11(24-15-4-2-3-14(19)10-15)17(23)21-20-16(22)9-12-5-7-13(18)8-6-12/h2-8,10-11H,9H2,1H3,(H,20,22)(H,21,23).